The summed E-state index contributed by atoms with van der Waals surface area (Å²) in [6.45, 7) is 0.426. The number of halogens is 1. The molecular weight excluding hydrogens is 409 g/mol. The minimum absolute atomic E-state index is 0.00932. The molecule has 122 valence electrons. The summed E-state index contributed by atoms with van der Waals surface area (Å²) < 4.78 is 6.64. The molecule has 0 saturated carbocycles. The molecule has 6 heteroatoms. The van der Waals surface area contributed by atoms with Crippen LogP contribution in [0.2, 0.25) is 0 Å². The van der Waals surface area contributed by atoms with Crippen LogP contribution in [0.5, 0.6) is 5.75 Å². The lowest BCUT2D eigenvalue weighted by atomic mass is 10.1. The Morgan fingerprint density at radius 2 is 1.78 bits per heavy atom. The molecule has 23 heavy (non-hydrogen) atoms. The summed E-state index contributed by atoms with van der Waals surface area (Å²) in [5.74, 6) is 0.694. The fourth-order valence-electron chi connectivity index (χ4n) is 2.06. The number of ether oxygens (including phenoxy) is 1. The van der Waals surface area contributed by atoms with E-state index in [0.717, 1.165) is 8.47 Å². The Balaban J connectivity index is 1.86. The van der Waals surface area contributed by atoms with E-state index in [1.807, 2.05) is 42.5 Å². The summed E-state index contributed by atoms with van der Waals surface area (Å²) in [6, 6.07) is 16.5. The molecule has 0 spiro atoms. The average molecular weight is 427 g/mol. The van der Waals surface area contributed by atoms with Crippen LogP contribution < -0.4 is 4.74 Å². The lowest BCUT2D eigenvalue weighted by Gasteiger charge is -2.22. The number of hydrogen-bond donors (Lipinski definition) is 2. The van der Waals surface area contributed by atoms with Crippen molar-refractivity contribution in [3.05, 3.63) is 63.7 Å². The third-order valence-electron chi connectivity index (χ3n) is 3.29. The first-order valence-electron chi connectivity index (χ1n) is 7.15. The molecule has 0 fully saturated rings. The third kappa shape index (κ3) is 5.72. The van der Waals surface area contributed by atoms with Gasteiger partial charge in [-0.3, -0.25) is 0 Å². The Kier molecular flexibility index (Phi) is 6.66. The zero-order valence-corrected chi connectivity index (χ0v) is 14.6. The van der Waals surface area contributed by atoms with Crippen molar-refractivity contribution in [2.75, 3.05) is 19.7 Å². The highest BCUT2D eigenvalue weighted by Gasteiger charge is 2.17. The van der Waals surface area contributed by atoms with Gasteiger partial charge < -0.3 is 19.8 Å². The van der Waals surface area contributed by atoms with Crippen molar-refractivity contribution >= 4 is 28.7 Å². The molecule has 0 aliphatic heterocycles. The van der Waals surface area contributed by atoms with Gasteiger partial charge in [0, 0.05) is 3.57 Å². The second-order valence-corrected chi connectivity index (χ2v) is 6.20. The monoisotopic (exact) mass is 427 g/mol. The maximum atomic E-state index is 11.3. The van der Waals surface area contributed by atoms with E-state index in [1.54, 1.807) is 12.1 Å². The van der Waals surface area contributed by atoms with Gasteiger partial charge in [0.15, 0.2) is 0 Å². The molecule has 0 saturated heterocycles. The number of amides is 1. The van der Waals surface area contributed by atoms with Crippen LogP contribution in [-0.2, 0) is 0 Å². The Morgan fingerprint density at radius 1 is 1.13 bits per heavy atom. The Bertz CT molecular complexity index is 618. The van der Waals surface area contributed by atoms with E-state index in [-0.39, 0.29) is 19.7 Å². The van der Waals surface area contributed by atoms with Gasteiger partial charge in [-0.2, -0.15) is 0 Å². The van der Waals surface area contributed by atoms with Crippen LogP contribution in [0.3, 0.4) is 0 Å². The van der Waals surface area contributed by atoms with Crippen LogP contribution in [0.25, 0.3) is 0 Å². The number of aliphatic hydroxyl groups is 1. The van der Waals surface area contributed by atoms with Crippen molar-refractivity contribution in [3.8, 4) is 5.75 Å². The number of hydrogen-bond acceptors (Lipinski definition) is 3. The van der Waals surface area contributed by atoms with Crippen molar-refractivity contribution in [2.24, 2.45) is 0 Å². The van der Waals surface area contributed by atoms with Crippen molar-refractivity contribution < 1.29 is 19.7 Å². The van der Waals surface area contributed by atoms with Crippen molar-refractivity contribution in [3.63, 3.8) is 0 Å². The van der Waals surface area contributed by atoms with Gasteiger partial charge in [-0.15, -0.1) is 0 Å². The van der Waals surface area contributed by atoms with Crippen LogP contribution in [0, 0.1) is 3.57 Å². The highest BCUT2D eigenvalue weighted by atomic mass is 127. The van der Waals surface area contributed by atoms with E-state index in [2.05, 4.69) is 22.6 Å². The number of nitrogens with zero attached hydrogens (tertiary/aromatic N) is 1. The molecule has 0 aromatic heterocycles. The molecule has 1 atom stereocenters. The first-order valence-corrected chi connectivity index (χ1v) is 8.23. The number of benzene rings is 2. The molecule has 1 amide bonds. The normalized spacial score (nSPS) is 11.7. The van der Waals surface area contributed by atoms with Gasteiger partial charge in [0.1, 0.15) is 12.4 Å². The maximum absolute atomic E-state index is 11.3. The van der Waals surface area contributed by atoms with Crippen molar-refractivity contribution in [2.45, 2.75) is 6.10 Å². The summed E-state index contributed by atoms with van der Waals surface area (Å²) in [4.78, 5) is 12.5. The molecule has 5 nitrogen and oxygen atoms in total. The molecule has 0 aliphatic rings. The molecule has 2 N–H and O–H groups in total. The molecule has 0 unspecified atom stereocenters. The van der Waals surface area contributed by atoms with Crippen molar-refractivity contribution in [1.82, 2.24) is 4.90 Å². The number of carboxylic acid groups (broad SMARTS) is 1. The topological polar surface area (TPSA) is 70.0 Å². The smallest absolute Gasteiger partial charge is 0.407 e. The predicted octanol–water partition coefficient (Wildman–Crippen LogP) is 3.38. The van der Waals surface area contributed by atoms with Crippen LogP contribution in [-0.4, -0.2) is 40.9 Å². The van der Waals surface area contributed by atoms with Gasteiger partial charge in [-0.1, -0.05) is 30.3 Å². The Hall–Kier alpha value is -1.80. The van der Waals surface area contributed by atoms with E-state index >= 15 is 0 Å². The molecule has 2 aromatic rings. The van der Waals surface area contributed by atoms with E-state index in [4.69, 9.17) is 4.74 Å². The predicted molar refractivity (Wildman–Crippen MR) is 95.7 cm³/mol. The fourth-order valence-corrected chi connectivity index (χ4v) is 2.42. The summed E-state index contributed by atoms with van der Waals surface area (Å²) >= 11 is 2.20. The first kappa shape index (κ1) is 17.6. The molecule has 2 aromatic carbocycles. The quantitative estimate of drug-likeness (QED) is 0.665. The van der Waals surface area contributed by atoms with E-state index in [9.17, 15) is 15.0 Å². The second kappa shape index (κ2) is 8.73. The molecule has 0 heterocycles. The third-order valence-corrected chi connectivity index (χ3v) is 4.01. The number of rotatable bonds is 7. The van der Waals surface area contributed by atoms with Crippen LogP contribution in [0.4, 0.5) is 4.79 Å². The van der Waals surface area contributed by atoms with E-state index in [0.29, 0.717) is 11.3 Å². The Morgan fingerprint density at radius 3 is 2.39 bits per heavy atom. The van der Waals surface area contributed by atoms with Crippen LogP contribution >= 0.6 is 22.6 Å². The number of aliphatic hydroxyl groups excluding tert-OH is 1. The summed E-state index contributed by atoms with van der Waals surface area (Å²) in [5, 5.41) is 19.4. The lowest BCUT2D eigenvalue weighted by Crippen LogP contribution is -2.36. The van der Waals surface area contributed by atoms with Gasteiger partial charge in [-0.05, 0) is 52.4 Å². The van der Waals surface area contributed by atoms with Gasteiger partial charge in [0.05, 0.1) is 19.2 Å². The van der Waals surface area contributed by atoms with E-state index in [1.165, 1.54) is 0 Å². The Labute approximate surface area is 148 Å². The fraction of sp³-hybridized carbons (Fsp3) is 0.235. The van der Waals surface area contributed by atoms with Gasteiger partial charge in [-0.25, -0.2) is 4.79 Å². The van der Waals surface area contributed by atoms with Crippen LogP contribution in [0.1, 0.15) is 11.7 Å². The zero-order chi connectivity index (χ0) is 16.7. The molecule has 0 aliphatic carbocycles. The van der Waals surface area contributed by atoms with Gasteiger partial charge in [0.2, 0.25) is 0 Å². The van der Waals surface area contributed by atoms with Crippen LogP contribution in [0.15, 0.2) is 54.6 Å². The van der Waals surface area contributed by atoms with Crippen molar-refractivity contribution in [1.29, 1.82) is 0 Å². The standard InChI is InChI=1S/C17H18INO4/c18-14-6-8-15(9-7-14)23-11-10-19(17(21)22)12-16(20)13-4-2-1-3-5-13/h1-9,16,20H,10-12H2,(H,21,22)/t16-/m0/s1. The van der Waals surface area contributed by atoms with E-state index < -0.39 is 12.2 Å². The SMILES string of the molecule is O=C(O)N(CCOc1ccc(I)cc1)C[C@H](O)c1ccccc1. The lowest BCUT2D eigenvalue weighted by molar-refractivity contribution is 0.0894. The highest BCUT2D eigenvalue weighted by Crippen LogP contribution is 2.15. The molecular formula is C17H18INO4. The minimum Gasteiger partial charge on any atom is -0.492 e. The minimum atomic E-state index is -1.08. The average Bonchev–Trinajstić information content (AvgIpc) is 2.56. The van der Waals surface area contributed by atoms with Gasteiger partial charge >= 0.3 is 6.09 Å². The zero-order valence-electron chi connectivity index (χ0n) is 12.4. The summed E-state index contributed by atoms with van der Waals surface area (Å²) in [7, 11) is 0. The molecule has 2 rings (SSSR count). The molecule has 0 bridgehead atoms. The maximum Gasteiger partial charge on any atom is 0.407 e. The largest absolute Gasteiger partial charge is 0.492 e. The second-order valence-electron chi connectivity index (χ2n) is 4.96. The molecule has 0 radical (unpaired) electrons. The van der Waals surface area contributed by atoms with Gasteiger partial charge in [0.25, 0.3) is 0 Å². The highest BCUT2D eigenvalue weighted by molar-refractivity contribution is 14.1. The summed E-state index contributed by atoms with van der Waals surface area (Å²) in [6.07, 6.45) is -1.93. The summed E-state index contributed by atoms with van der Waals surface area (Å²) in [5.41, 5.74) is 0.692. The number of carbonyl (C=O) groups is 1. The first-order chi connectivity index (χ1) is 11.1.